The van der Waals surface area contributed by atoms with Crippen LogP contribution in [0.15, 0.2) is 54.6 Å². The van der Waals surface area contributed by atoms with Crippen LogP contribution in [0.25, 0.3) is 0 Å². The number of halogens is 1. The number of benzene rings is 2. The first-order valence-electron chi connectivity index (χ1n) is 6.84. The molecule has 0 aliphatic heterocycles. The lowest BCUT2D eigenvalue weighted by Crippen LogP contribution is -2.43. The molecule has 0 saturated heterocycles. The van der Waals surface area contributed by atoms with E-state index in [4.69, 9.17) is 16.5 Å². The maximum absolute atomic E-state index is 12.2. The first kappa shape index (κ1) is 15.4. The van der Waals surface area contributed by atoms with Crippen molar-refractivity contribution in [1.82, 2.24) is 4.84 Å². The fraction of sp³-hybridized carbons (Fsp3) is 0.235. The molecule has 0 aromatic heterocycles. The molecule has 110 valence electrons. The Labute approximate surface area is 130 Å². The summed E-state index contributed by atoms with van der Waals surface area (Å²) in [5.74, 6) is 0.234. The third-order valence-electron chi connectivity index (χ3n) is 3.47. The van der Waals surface area contributed by atoms with E-state index in [-0.39, 0.29) is 0 Å². The summed E-state index contributed by atoms with van der Waals surface area (Å²) in [6, 6.07) is 17.0. The van der Waals surface area contributed by atoms with E-state index in [1.165, 1.54) is 0 Å². The number of carbonyl (C=O) groups excluding carboxylic acids is 1. The number of carbonyl (C=O) groups is 1. The van der Waals surface area contributed by atoms with Gasteiger partial charge in [-0.15, -0.1) is 0 Å². The van der Waals surface area contributed by atoms with Crippen LogP contribution >= 0.6 is 11.8 Å². The van der Waals surface area contributed by atoms with Gasteiger partial charge in [-0.2, -0.15) is 0 Å². The van der Waals surface area contributed by atoms with Gasteiger partial charge in [-0.25, -0.2) is 0 Å². The fourth-order valence-electron chi connectivity index (χ4n) is 2.15. The highest BCUT2D eigenvalue weighted by Crippen LogP contribution is 2.29. The van der Waals surface area contributed by atoms with Gasteiger partial charge in [0.1, 0.15) is 5.75 Å². The van der Waals surface area contributed by atoms with Crippen LogP contribution < -0.4 is 9.57 Å². The molecular formula is C17H18ClNO2. The highest BCUT2D eigenvalue weighted by atomic mass is 35.5. The summed E-state index contributed by atoms with van der Waals surface area (Å²) >= 11 is 5.53. The Morgan fingerprint density at radius 3 is 2.52 bits per heavy atom. The number of aryl methyl sites for hydroxylation is 1. The lowest BCUT2D eigenvalue weighted by atomic mass is 9.95. The van der Waals surface area contributed by atoms with Crippen molar-refractivity contribution in [2.24, 2.45) is 0 Å². The summed E-state index contributed by atoms with van der Waals surface area (Å²) in [7, 11) is 0. The molecule has 0 spiro atoms. The molecule has 0 aliphatic rings. The lowest BCUT2D eigenvalue weighted by Gasteiger charge is -2.29. The monoisotopic (exact) mass is 303 g/mol. The molecule has 1 amide bonds. The number of rotatable bonds is 5. The van der Waals surface area contributed by atoms with Crippen molar-refractivity contribution in [2.45, 2.75) is 25.9 Å². The number of amides is 1. The second-order valence-corrected chi connectivity index (χ2v) is 5.11. The van der Waals surface area contributed by atoms with E-state index in [9.17, 15) is 4.79 Å². The minimum Gasteiger partial charge on any atom is -0.473 e. The smallest absolute Gasteiger partial charge is 0.282 e. The summed E-state index contributed by atoms with van der Waals surface area (Å²) in [4.78, 5) is 14.4. The van der Waals surface area contributed by atoms with E-state index in [2.05, 4.69) is 11.8 Å². The molecule has 0 heterocycles. The largest absolute Gasteiger partial charge is 0.473 e. The van der Waals surface area contributed by atoms with Crippen LogP contribution in [-0.2, 0) is 16.8 Å². The molecule has 2 aromatic rings. The Morgan fingerprint density at radius 1 is 1.19 bits per heavy atom. The standard InChI is InChI=1S/C17H18ClNO2/c1-3-13-8-7-11-15(12-13)21-17(2,16(20)19-18)14-9-5-4-6-10-14/h4-12H,3H2,1-2H3,(H,19,20). The van der Waals surface area contributed by atoms with Gasteiger partial charge >= 0.3 is 0 Å². The molecule has 0 fully saturated rings. The molecule has 1 N–H and O–H groups in total. The second-order valence-electron chi connectivity index (χ2n) is 4.93. The van der Waals surface area contributed by atoms with Gasteiger partial charge in [-0.3, -0.25) is 9.63 Å². The van der Waals surface area contributed by atoms with Crippen molar-refractivity contribution in [3.63, 3.8) is 0 Å². The van der Waals surface area contributed by atoms with E-state index < -0.39 is 11.5 Å². The summed E-state index contributed by atoms with van der Waals surface area (Å²) in [6.07, 6.45) is 0.904. The topological polar surface area (TPSA) is 38.3 Å². The average Bonchev–Trinajstić information content (AvgIpc) is 2.54. The van der Waals surface area contributed by atoms with E-state index in [0.717, 1.165) is 17.5 Å². The van der Waals surface area contributed by atoms with Gasteiger partial charge in [0, 0.05) is 17.3 Å². The maximum Gasteiger partial charge on any atom is 0.282 e. The second kappa shape index (κ2) is 6.64. The molecule has 1 unspecified atom stereocenters. The van der Waals surface area contributed by atoms with Crippen LogP contribution in [0, 0.1) is 0 Å². The molecule has 0 saturated carbocycles. The third kappa shape index (κ3) is 3.37. The van der Waals surface area contributed by atoms with Gasteiger partial charge in [0.25, 0.3) is 5.91 Å². The zero-order valence-corrected chi connectivity index (χ0v) is 12.9. The highest BCUT2D eigenvalue weighted by Gasteiger charge is 2.37. The van der Waals surface area contributed by atoms with E-state index >= 15 is 0 Å². The summed E-state index contributed by atoms with van der Waals surface area (Å²) in [6.45, 7) is 3.78. The molecule has 0 bridgehead atoms. The van der Waals surface area contributed by atoms with Crippen molar-refractivity contribution in [1.29, 1.82) is 0 Å². The van der Waals surface area contributed by atoms with Crippen LogP contribution in [0.1, 0.15) is 25.0 Å². The van der Waals surface area contributed by atoms with Crippen molar-refractivity contribution >= 4 is 17.7 Å². The zero-order chi connectivity index (χ0) is 15.3. The molecule has 2 rings (SSSR count). The predicted molar refractivity (Wildman–Crippen MR) is 84.2 cm³/mol. The number of ether oxygens (including phenoxy) is 1. The van der Waals surface area contributed by atoms with Gasteiger partial charge in [-0.05, 0) is 31.0 Å². The van der Waals surface area contributed by atoms with Crippen molar-refractivity contribution < 1.29 is 9.53 Å². The fourth-order valence-corrected chi connectivity index (χ4v) is 2.33. The Bertz CT molecular complexity index is 615. The maximum atomic E-state index is 12.2. The zero-order valence-electron chi connectivity index (χ0n) is 12.1. The SMILES string of the molecule is CCc1cccc(OC(C)(C(=O)NCl)c2ccccc2)c1. The van der Waals surface area contributed by atoms with Gasteiger partial charge in [0.15, 0.2) is 0 Å². The van der Waals surface area contributed by atoms with Gasteiger partial charge < -0.3 is 4.74 Å². The molecule has 3 nitrogen and oxygen atoms in total. The van der Waals surface area contributed by atoms with Crippen molar-refractivity contribution in [2.75, 3.05) is 0 Å². The Morgan fingerprint density at radius 2 is 1.90 bits per heavy atom. The highest BCUT2D eigenvalue weighted by molar-refractivity contribution is 6.22. The minimum absolute atomic E-state index is 0.405. The quantitative estimate of drug-likeness (QED) is 0.853. The van der Waals surface area contributed by atoms with Crippen LogP contribution in [-0.4, -0.2) is 5.91 Å². The van der Waals surface area contributed by atoms with Crippen LogP contribution in [0.5, 0.6) is 5.75 Å². The van der Waals surface area contributed by atoms with E-state index in [1.807, 2.05) is 54.6 Å². The Kier molecular flexibility index (Phi) is 4.86. The Hall–Kier alpha value is -2.00. The van der Waals surface area contributed by atoms with Crippen molar-refractivity contribution in [3.05, 3.63) is 65.7 Å². The molecule has 1 atom stereocenters. The van der Waals surface area contributed by atoms with Gasteiger partial charge in [0.05, 0.1) is 0 Å². The Balaban J connectivity index is 2.39. The lowest BCUT2D eigenvalue weighted by molar-refractivity contribution is -0.134. The third-order valence-corrected chi connectivity index (χ3v) is 3.64. The van der Waals surface area contributed by atoms with Gasteiger partial charge in [-0.1, -0.05) is 49.4 Å². The molecule has 4 heteroatoms. The first-order valence-corrected chi connectivity index (χ1v) is 7.22. The first-order chi connectivity index (χ1) is 10.1. The van der Waals surface area contributed by atoms with Gasteiger partial charge in [0.2, 0.25) is 5.60 Å². The summed E-state index contributed by atoms with van der Waals surface area (Å²) in [5, 5.41) is 0. The molecular weight excluding hydrogens is 286 g/mol. The normalized spacial score (nSPS) is 13.3. The van der Waals surface area contributed by atoms with Crippen LogP contribution in [0.4, 0.5) is 0 Å². The summed E-state index contributed by atoms with van der Waals surface area (Å²) in [5.41, 5.74) is 0.703. The molecule has 2 aromatic carbocycles. The van der Waals surface area contributed by atoms with E-state index in [0.29, 0.717) is 5.75 Å². The minimum atomic E-state index is -1.19. The van der Waals surface area contributed by atoms with E-state index in [1.54, 1.807) is 6.92 Å². The molecule has 0 radical (unpaired) electrons. The number of nitrogens with one attached hydrogen (secondary N) is 1. The average molecular weight is 304 g/mol. The molecule has 0 aliphatic carbocycles. The van der Waals surface area contributed by atoms with Crippen molar-refractivity contribution in [3.8, 4) is 5.75 Å². The number of hydrogen-bond donors (Lipinski definition) is 1. The van der Waals surface area contributed by atoms with Crippen LogP contribution in [0.2, 0.25) is 0 Å². The van der Waals surface area contributed by atoms with Crippen LogP contribution in [0.3, 0.4) is 0 Å². The molecule has 21 heavy (non-hydrogen) atoms. The summed E-state index contributed by atoms with van der Waals surface area (Å²) < 4.78 is 5.99. The number of hydrogen-bond acceptors (Lipinski definition) is 2. The predicted octanol–water partition coefficient (Wildman–Crippen LogP) is 3.81.